The van der Waals surface area contributed by atoms with Gasteiger partial charge in [-0.2, -0.15) is 0 Å². The number of rotatable bonds is 9. The summed E-state index contributed by atoms with van der Waals surface area (Å²) in [5, 5.41) is 5.14. The summed E-state index contributed by atoms with van der Waals surface area (Å²) in [6.45, 7) is 6.14. The van der Waals surface area contributed by atoms with Crippen LogP contribution in [0.2, 0.25) is 5.02 Å². The van der Waals surface area contributed by atoms with E-state index in [0.717, 1.165) is 16.7 Å². The molecule has 0 aliphatic rings. The lowest BCUT2D eigenvalue weighted by atomic mass is 9.79. The van der Waals surface area contributed by atoms with Crippen molar-refractivity contribution in [1.29, 1.82) is 0 Å². The first kappa shape index (κ1) is 28.0. The number of aryl methyl sites for hydroxylation is 1. The summed E-state index contributed by atoms with van der Waals surface area (Å²) in [5.41, 5.74) is 3.41. The first-order valence-electron chi connectivity index (χ1n) is 12.8. The van der Waals surface area contributed by atoms with Gasteiger partial charge in [-0.1, -0.05) is 67.4 Å². The molecule has 0 fully saturated rings. The Labute approximate surface area is 233 Å². The lowest BCUT2D eigenvalue weighted by Gasteiger charge is -2.24. The molecule has 0 bridgehead atoms. The van der Waals surface area contributed by atoms with Crippen LogP contribution >= 0.6 is 11.6 Å². The highest BCUT2D eigenvalue weighted by Crippen LogP contribution is 2.28. The highest BCUT2D eigenvalue weighted by atomic mass is 35.5. The fourth-order valence-corrected chi connectivity index (χ4v) is 4.75. The maximum absolute atomic E-state index is 13.6. The van der Waals surface area contributed by atoms with E-state index in [1.807, 2.05) is 45.0 Å². The van der Waals surface area contributed by atoms with E-state index >= 15 is 0 Å². The van der Waals surface area contributed by atoms with Gasteiger partial charge in [-0.15, -0.1) is 5.10 Å². The van der Waals surface area contributed by atoms with Gasteiger partial charge >= 0.3 is 5.69 Å². The van der Waals surface area contributed by atoms with Crippen LogP contribution in [0.15, 0.2) is 77.6 Å². The number of carbonyl (C=O) groups is 2. The quantitative estimate of drug-likeness (QED) is 0.284. The number of hydrogen-bond acceptors (Lipinski definition) is 4. The molecule has 0 N–H and O–H groups in total. The topological polar surface area (TPSA) is 77.2 Å². The number of benzene rings is 3. The third-order valence-electron chi connectivity index (χ3n) is 6.71. The van der Waals surface area contributed by atoms with Gasteiger partial charge in [-0.3, -0.25) is 14.2 Å². The number of hydrogen-bond donors (Lipinski definition) is 0. The van der Waals surface area contributed by atoms with Crippen molar-refractivity contribution in [3.05, 3.63) is 111 Å². The summed E-state index contributed by atoms with van der Waals surface area (Å²) in [6, 6.07) is 22.3. The van der Waals surface area contributed by atoms with E-state index in [9.17, 15) is 14.4 Å². The molecular formula is C31H33ClN4O3. The number of nitrogens with zero attached hydrogens (tertiary/aromatic N) is 4. The number of halogens is 1. The third-order valence-corrected chi connectivity index (χ3v) is 6.96. The number of aromatic nitrogens is 3. The lowest BCUT2D eigenvalue weighted by Crippen LogP contribution is -2.31. The number of ketones is 1. The van der Waals surface area contributed by atoms with Crippen LogP contribution in [-0.2, 0) is 23.3 Å². The highest BCUT2D eigenvalue weighted by molar-refractivity contribution is 6.30. The molecule has 1 heterocycles. The normalized spacial score (nSPS) is 11.4. The van der Waals surface area contributed by atoms with Gasteiger partial charge in [0.1, 0.15) is 6.54 Å². The smallest absolute Gasteiger partial charge is 0.345 e. The standard InChI is InChI=1S/C31H33ClN4O3/c1-21-8-6-11-25(16-21)31(2,3)18-27(37)20-36-30(39)35(28(33-36)23-12-14-26(32)15-13-23)19-22-9-7-10-24(17-22)29(38)34(4)5/h6-17H,18-20H2,1-5H3. The fourth-order valence-electron chi connectivity index (χ4n) is 4.63. The van der Waals surface area contributed by atoms with E-state index in [1.165, 1.54) is 14.1 Å². The Balaban J connectivity index is 1.66. The Morgan fingerprint density at radius 2 is 1.67 bits per heavy atom. The van der Waals surface area contributed by atoms with Crippen molar-refractivity contribution >= 4 is 23.3 Å². The molecule has 1 amide bonds. The molecule has 7 nitrogen and oxygen atoms in total. The van der Waals surface area contributed by atoms with E-state index in [2.05, 4.69) is 11.2 Å². The van der Waals surface area contributed by atoms with Gasteiger partial charge in [-0.05, 0) is 59.9 Å². The van der Waals surface area contributed by atoms with E-state index in [0.29, 0.717) is 22.0 Å². The second-order valence-electron chi connectivity index (χ2n) is 10.7. The third kappa shape index (κ3) is 6.55. The van der Waals surface area contributed by atoms with Crippen molar-refractivity contribution in [3.63, 3.8) is 0 Å². The molecule has 4 rings (SSSR count). The molecule has 3 aromatic carbocycles. The SMILES string of the molecule is Cc1cccc(C(C)(C)CC(=O)Cn2nc(-c3ccc(Cl)cc3)n(Cc3cccc(C(=O)N(C)C)c3)c2=O)c1. The molecule has 39 heavy (non-hydrogen) atoms. The zero-order chi connectivity index (χ0) is 28.3. The van der Waals surface area contributed by atoms with E-state index in [1.54, 1.807) is 56.6 Å². The average Bonchev–Trinajstić information content (AvgIpc) is 3.18. The van der Waals surface area contributed by atoms with Crippen molar-refractivity contribution in [2.24, 2.45) is 0 Å². The Kier molecular flexibility index (Phi) is 8.21. The van der Waals surface area contributed by atoms with Crippen molar-refractivity contribution in [3.8, 4) is 11.4 Å². The minimum absolute atomic E-state index is 0.0884. The van der Waals surface area contributed by atoms with Gasteiger partial charge < -0.3 is 4.90 Å². The van der Waals surface area contributed by atoms with Gasteiger partial charge in [0.2, 0.25) is 0 Å². The van der Waals surface area contributed by atoms with Crippen LogP contribution in [0.25, 0.3) is 11.4 Å². The predicted molar refractivity (Wildman–Crippen MR) is 154 cm³/mol. The molecule has 0 unspecified atom stereocenters. The summed E-state index contributed by atoms with van der Waals surface area (Å²) in [6.07, 6.45) is 0.265. The zero-order valence-electron chi connectivity index (χ0n) is 22.9. The van der Waals surface area contributed by atoms with Crippen LogP contribution in [0, 0.1) is 6.92 Å². The van der Waals surface area contributed by atoms with Crippen LogP contribution in [0.3, 0.4) is 0 Å². The van der Waals surface area contributed by atoms with Crippen molar-refractivity contribution < 1.29 is 9.59 Å². The zero-order valence-corrected chi connectivity index (χ0v) is 23.7. The largest absolute Gasteiger partial charge is 0.346 e. The number of carbonyl (C=O) groups excluding carboxylic acids is 2. The van der Waals surface area contributed by atoms with Gasteiger partial charge in [-0.25, -0.2) is 9.48 Å². The summed E-state index contributed by atoms with van der Waals surface area (Å²) >= 11 is 6.09. The Bertz CT molecular complexity index is 1570. The molecule has 0 saturated heterocycles. The molecule has 0 saturated carbocycles. The van der Waals surface area contributed by atoms with Crippen LogP contribution < -0.4 is 5.69 Å². The summed E-state index contributed by atoms with van der Waals surface area (Å²) < 4.78 is 2.76. The molecule has 0 atom stereocenters. The first-order valence-corrected chi connectivity index (χ1v) is 13.2. The molecule has 4 aromatic rings. The van der Waals surface area contributed by atoms with Crippen molar-refractivity contribution in [2.75, 3.05) is 14.1 Å². The Morgan fingerprint density at radius 3 is 2.33 bits per heavy atom. The summed E-state index contributed by atoms with van der Waals surface area (Å²) in [5.74, 6) is 0.209. The Morgan fingerprint density at radius 1 is 0.974 bits per heavy atom. The van der Waals surface area contributed by atoms with E-state index in [4.69, 9.17) is 11.6 Å². The molecule has 0 radical (unpaired) electrons. The predicted octanol–water partition coefficient (Wildman–Crippen LogP) is 5.36. The molecule has 202 valence electrons. The van der Waals surface area contributed by atoms with Crippen LogP contribution in [0.5, 0.6) is 0 Å². The van der Waals surface area contributed by atoms with Crippen LogP contribution in [-0.4, -0.2) is 45.0 Å². The van der Waals surface area contributed by atoms with E-state index < -0.39 is 11.1 Å². The summed E-state index contributed by atoms with van der Waals surface area (Å²) in [7, 11) is 3.39. The second kappa shape index (κ2) is 11.4. The van der Waals surface area contributed by atoms with Gasteiger partial charge in [0.05, 0.1) is 6.54 Å². The van der Waals surface area contributed by atoms with Crippen LogP contribution in [0.4, 0.5) is 0 Å². The van der Waals surface area contributed by atoms with Gasteiger partial charge in [0, 0.05) is 36.7 Å². The molecule has 0 spiro atoms. The van der Waals surface area contributed by atoms with E-state index in [-0.39, 0.29) is 31.2 Å². The molecule has 0 aliphatic heterocycles. The lowest BCUT2D eigenvalue weighted by molar-refractivity contribution is -0.120. The fraction of sp³-hybridized carbons (Fsp3) is 0.290. The first-order chi connectivity index (χ1) is 18.4. The van der Waals surface area contributed by atoms with Crippen molar-refractivity contribution in [1.82, 2.24) is 19.2 Å². The van der Waals surface area contributed by atoms with Crippen molar-refractivity contribution in [2.45, 2.75) is 45.7 Å². The van der Waals surface area contributed by atoms with Gasteiger partial charge in [0.15, 0.2) is 11.6 Å². The second-order valence-corrected chi connectivity index (χ2v) is 11.2. The highest BCUT2D eigenvalue weighted by Gasteiger charge is 2.26. The minimum Gasteiger partial charge on any atom is -0.345 e. The molecular weight excluding hydrogens is 512 g/mol. The van der Waals surface area contributed by atoms with Crippen LogP contribution in [0.1, 0.15) is 47.3 Å². The number of Topliss-reactive ketones (excluding diaryl/α,β-unsaturated/α-hetero) is 1. The maximum Gasteiger partial charge on any atom is 0.346 e. The minimum atomic E-state index is -0.397. The summed E-state index contributed by atoms with van der Waals surface area (Å²) in [4.78, 5) is 40.8. The monoisotopic (exact) mass is 544 g/mol. The molecule has 0 aliphatic carbocycles. The Hall–Kier alpha value is -3.97. The maximum atomic E-state index is 13.6. The average molecular weight is 545 g/mol. The molecule has 8 heteroatoms. The van der Waals surface area contributed by atoms with Gasteiger partial charge in [0.25, 0.3) is 5.91 Å². The number of amides is 1. The molecule has 1 aromatic heterocycles.